The zero-order valence-corrected chi connectivity index (χ0v) is 14.0. The standard InChI is InChI=1S/C17H16N4O3S/c18-17(23)21-12-5-3-11(4-6-12)9-19-15(22)8-13-10-25-16(20-13)14-2-1-7-24-14/h1-7,10H,8-9H2,(H,19,22)(H3,18,21,23). The predicted molar refractivity (Wildman–Crippen MR) is 95.0 cm³/mol. The molecule has 0 radical (unpaired) electrons. The molecular formula is C17H16N4O3S. The molecule has 0 atom stereocenters. The highest BCUT2D eigenvalue weighted by Crippen LogP contribution is 2.24. The van der Waals surface area contributed by atoms with E-state index in [1.54, 1.807) is 24.5 Å². The van der Waals surface area contributed by atoms with Gasteiger partial charge in [0, 0.05) is 17.6 Å². The predicted octanol–water partition coefficient (Wildman–Crippen LogP) is 2.75. The maximum Gasteiger partial charge on any atom is 0.316 e. The van der Waals surface area contributed by atoms with Gasteiger partial charge >= 0.3 is 6.03 Å². The van der Waals surface area contributed by atoms with Crippen molar-refractivity contribution in [2.45, 2.75) is 13.0 Å². The molecule has 128 valence electrons. The first-order valence-corrected chi connectivity index (χ1v) is 8.38. The van der Waals surface area contributed by atoms with Crippen LogP contribution in [0.3, 0.4) is 0 Å². The molecule has 7 nitrogen and oxygen atoms in total. The number of thiazole rings is 1. The zero-order chi connectivity index (χ0) is 17.6. The van der Waals surface area contributed by atoms with Gasteiger partial charge in [0.25, 0.3) is 0 Å². The fourth-order valence-corrected chi connectivity index (χ4v) is 2.96. The molecule has 0 aliphatic carbocycles. The number of hydrogen-bond donors (Lipinski definition) is 3. The quantitative estimate of drug-likeness (QED) is 0.630. The molecule has 4 N–H and O–H groups in total. The molecule has 2 aromatic heterocycles. The van der Waals surface area contributed by atoms with Crippen LogP contribution in [0.5, 0.6) is 0 Å². The molecule has 3 aromatic rings. The van der Waals surface area contributed by atoms with Crippen molar-refractivity contribution in [1.82, 2.24) is 10.3 Å². The van der Waals surface area contributed by atoms with Gasteiger partial charge in [0.05, 0.1) is 18.4 Å². The summed E-state index contributed by atoms with van der Waals surface area (Å²) in [5, 5.41) is 7.93. The van der Waals surface area contributed by atoms with Crippen molar-refractivity contribution in [3.8, 4) is 10.8 Å². The Hall–Kier alpha value is -3.13. The molecule has 0 aliphatic heterocycles. The average molecular weight is 356 g/mol. The summed E-state index contributed by atoms with van der Waals surface area (Å²) < 4.78 is 5.29. The van der Waals surface area contributed by atoms with Crippen molar-refractivity contribution in [1.29, 1.82) is 0 Å². The Morgan fingerprint density at radius 1 is 1.20 bits per heavy atom. The number of furan rings is 1. The van der Waals surface area contributed by atoms with E-state index in [-0.39, 0.29) is 12.3 Å². The number of nitrogens with two attached hydrogens (primary N) is 1. The van der Waals surface area contributed by atoms with Crippen molar-refractivity contribution < 1.29 is 14.0 Å². The Kier molecular flexibility index (Phi) is 5.10. The number of anilines is 1. The molecule has 3 rings (SSSR count). The van der Waals surface area contributed by atoms with Crippen LogP contribution >= 0.6 is 11.3 Å². The smallest absolute Gasteiger partial charge is 0.316 e. The van der Waals surface area contributed by atoms with Gasteiger partial charge in [-0.25, -0.2) is 9.78 Å². The van der Waals surface area contributed by atoms with Gasteiger partial charge in [-0.1, -0.05) is 12.1 Å². The number of primary amides is 1. The lowest BCUT2D eigenvalue weighted by molar-refractivity contribution is -0.120. The number of nitrogens with zero attached hydrogens (tertiary/aromatic N) is 1. The number of rotatable bonds is 6. The van der Waals surface area contributed by atoms with Gasteiger partial charge in [0.15, 0.2) is 10.8 Å². The normalized spacial score (nSPS) is 10.4. The maximum absolute atomic E-state index is 12.1. The molecule has 8 heteroatoms. The van der Waals surface area contributed by atoms with Crippen LogP contribution in [0.25, 0.3) is 10.8 Å². The summed E-state index contributed by atoms with van der Waals surface area (Å²) >= 11 is 1.44. The summed E-state index contributed by atoms with van der Waals surface area (Å²) in [6, 6.07) is 10.1. The third-order valence-electron chi connectivity index (χ3n) is 3.34. The lowest BCUT2D eigenvalue weighted by Crippen LogP contribution is -2.24. The molecule has 1 aromatic carbocycles. The van der Waals surface area contributed by atoms with Crippen LogP contribution in [0, 0.1) is 0 Å². The molecule has 0 fully saturated rings. The van der Waals surface area contributed by atoms with Crippen LogP contribution in [0.4, 0.5) is 10.5 Å². The van der Waals surface area contributed by atoms with E-state index in [2.05, 4.69) is 15.6 Å². The second-order valence-corrected chi connectivity index (χ2v) is 6.12. The van der Waals surface area contributed by atoms with E-state index in [9.17, 15) is 9.59 Å². The van der Waals surface area contributed by atoms with E-state index in [1.165, 1.54) is 11.3 Å². The number of amides is 3. The second kappa shape index (κ2) is 7.63. The molecule has 3 amide bonds. The van der Waals surface area contributed by atoms with Gasteiger partial charge < -0.3 is 20.8 Å². The van der Waals surface area contributed by atoms with Crippen LogP contribution in [-0.2, 0) is 17.8 Å². The topological polar surface area (TPSA) is 110 Å². The Balaban J connectivity index is 1.50. The molecule has 2 heterocycles. The highest BCUT2D eigenvalue weighted by atomic mass is 32.1. The van der Waals surface area contributed by atoms with E-state index in [0.29, 0.717) is 23.7 Å². The molecule has 25 heavy (non-hydrogen) atoms. The zero-order valence-electron chi connectivity index (χ0n) is 13.2. The maximum atomic E-state index is 12.1. The van der Waals surface area contributed by atoms with Gasteiger partial charge in [-0.15, -0.1) is 11.3 Å². The number of carbonyl (C=O) groups excluding carboxylic acids is 2. The minimum atomic E-state index is -0.613. The van der Waals surface area contributed by atoms with Crippen LogP contribution < -0.4 is 16.4 Å². The van der Waals surface area contributed by atoms with E-state index in [4.69, 9.17) is 10.2 Å². The Labute approximate surface area is 147 Å². The Morgan fingerprint density at radius 2 is 2.00 bits per heavy atom. The van der Waals surface area contributed by atoms with Crippen molar-refractivity contribution in [2.24, 2.45) is 5.73 Å². The van der Waals surface area contributed by atoms with Crippen molar-refractivity contribution in [3.63, 3.8) is 0 Å². The number of carbonyl (C=O) groups is 2. The Morgan fingerprint density at radius 3 is 2.68 bits per heavy atom. The highest BCUT2D eigenvalue weighted by molar-refractivity contribution is 7.13. The van der Waals surface area contributed by atoms with E-state index in [1.807, 2.05) is 23.6 Å². The summed E-state index contributed by atoms with van der Waals surface area (Å²) in [4.78, 5) is 27.2. The number of aromatic nitrogens is 1. The third-order valence-corrected chi connectivity index (χ3v) is 4.24. The van der Waals surface area contributed by atoms with Gasteiger partial charge in [0.2, 0.25) is 5.91 Å². The average Bonchev–Trinajstić information content (AvgIpc) is 3.25. The fraction of sp³-hybridized carbons (Fsp3) is 0.118. The lowest BCUT2D eigenvalue weighted by Gasteiger charge is -2.06. The van der Waals surface area contributed by atoms with E-state index < -0.39 is 6.03 Å². The summed E-state index contributed by atoms with van der Waals surface area (Å²) in [7, 11) is 0. The van der Waals surface area contributed by atoms with Crippen molar-refractivity contribution in [3.05, 3.63) is 59.3 Å². The summed E-state index contributed by atoms with van der Waals surface area (Å²) in [6.07, 6.45) is 1.80. The monoisotopic (exact) mass is 356 g/mol. The number of benzene rings is 1. The largest absolute Gasteiger partial charge is 0.462 e. The second-order valence-electron chi connectivity index (χ2n) is 5.26. The molecule has 0 bridgehead atoms. The first-order valence-electron chi connectivity index (χ1n) is 7.50. The number of nitrogens with one attached hydrogen (secondary N) is 2. The van der Waals surface area contributed by atoms with Gasteiger partial charge in [-0.3, -0.25) is 4.79 Å². The van der Waals surface area contributed by atoms with E-state index >= 15 is 0 Å². The molecule has 0 saturated heterocycles. The minimum Gasteiger partial charge on any atom is -0.462 e. The minimum absolute atomic E-state index is 0.115. The first-order chi connectivity index (χ1) is 12.1. The van der Waals surface area contributed by atoms with Gasteiger partial charge in [-0.05, 0) is 29.8 Å². The van der Waals surface area contributed by atoms with Gasteiger partial charge in [-0.2, -0.15) is 0 Å². The number of hydrogen-bond acceptors (Lipinski definition) is 5. The van der Waals surface area contributed by atoms with Crippen LogP contribution in [0.1, 0.15) is 11.3 Å². The molecule has 0 unspecified atom stereocenters. The summed E-state index contributed by atoms with van der Waals surface area (Å²) in [6.45, 7) is 0.394. The molecule has 0 aliphatic rings. The van der Waals surface area contributed by atoms with Crippen molar-refractivity contribution >= 4 is 29.0 Å². The van der Waals surface area contributed by atoms with Crippen LogP contribution in [-0.4, -0.2) is 16.9 Å². The summed E-state index contributed by atoms with van der Waals surface area (Å²) in [5.41, 5.74) is 7.27. The molecular weight excluding hydrogens is 340 g/mol. The van der Waals surface area contributed by atoms with Crippen molar-refractivity contribution in [2.75, 3.05) is 5.32 Å². The summed E-state index contributed by atoms with van der Waals surface area (Å²) in [5.74, 6) is 0.581. The van der Waals surface area contributed by atoms with E-state index in [0.717, 1.165) is 10.6 Å². The first kappa shape index (κ1) is 16.7. The van der Waals surface area contributed by atoms with Crippen LogP contribution in [0.15, 0.2) is 52.5 Å². The lowest BCUT2D eigenvalue weighted by atomic mass is 10.2. The third kappa shape index (κ3) is 4.67. The highest BCUT2D eigenvalue weighted by Gasteiger charge is 2.10. The molecule has 0 spiro atoms. The fourth-order valence-electron chi connectivity index (χ4n) is 2.18. The SMILES string of the molecule is NC(=O)Nc1ccc(CNC(=O)Cc2csc(-c3ccco3)n2)cc1. The van der Waals surface area contributed by atoms with Gasteiger partial charge in [0.1, 0.15) is 0 Å². The Bertz CT molecular complexity index is 856. The van der Waals surface area contributed by atoms with Crippen LogP contribution in [0.2, 0.25) is 0 Å². The number of urea groups is 1. The molecule has 0 saturated carbocycles.